The number of aryl methyl sites for hydroxylation is 2. The molecule has 0 fully saturated rings. The number of fused-ring (bicyclic) bond motifs is 1. The normalized spacial score (nSPS) is 12.3. The number of aromatic nitrogens is 3. The van der Waals surface area contributed by atoms with Gasteiger partial charge < -0.3 is 14.9 Å². The van der Waals surface area contributed by atoms with Crippen molar-refractivity contribution in [3.63, 3.8) is 0 Å². The third-order valence-corrected chi connectivity index (χ3v) is 4.87. The predicted molar refractivity (Wildman–Crippen MR) is 88.9 cm³/mol. The van der Waals surface area contributed by atoms with Crippen molar-refractivity contribution in [2.75, 3.05) is 0 Å². The molecule has 0 saturated carbocycles. The van der Waals surface area contributed by atoms with Crippen molar-refractivity contribution in [2.45, 2.75) is 26.9 Å². The molecule has 3 heterocycles. The molecule has 8 heteroatoms. The van der Waals surface area contributed by atoms with Gasteiger partial charge in [-0.15, -0.1) is 11.3 Å². The first-order valence-corrected chi connectivity index (χ1v) is 8.08. The Morgan fingerprint density at radius 2 is 2.04 bits per heavy atom. The van der Waals surface area contributed by atoms with Crippen LogP contribution in [0.4, 0.5) is 0 Å². The van der Waals surface area contributed by atoms with Crippen LogP contribution < -0.4 is 10.3 Å². The number of carbonyl (C=O) groups is 1. The lowest BCUT2D eigenvalue weighted by atomic mass is 10.2. The van der Waals surface area contributed by atoms with Crippen molar-refractivity contribution in [1.82, 2.24) is 9.97 Å². The molecule has 1 N–H and O–H groups in total. The molecular formula is C16H15N3O4S. The van der Waals surface area contributed by atoms with Crippen LogP contribution in [0.25, 0.3) is 10.2 Å². The predicted octanol–water partition coefficient (Wildman–Crippen LogP) is 2.15. The first-order chi connectivity index (χ1) is 11.4. The fourth-order valence-corrected chi connectivity index (χ4v) is 3.33. The summed E-state index contributed by atoms with van der Waals surface area (Å²) in [5, 5.41) is 11.6. The van der Waals surface area contributed by atoms with Crippen LogP contribution >= 0.6 is 11.3 Å². The molecule has 0 unspecified atom stereocenters. The van der Waals surface area contributed by atoms with E-state index in [0.717, 1.165) is 10.4 Å². The Morgan fingerprint density at radius 3 is 2.71 bits per heavy atom. The summed E-state index contributed by atoms with van der Waals surface area (Å²) in [6.07, 6.45) is 1.70. The van der Waals surface area contributed by atoms with Gasteiger partial charge in [0.25, 0.3) is 5.56 Å². The van der Waals surface area contributed by atoms with Gasteiger partial charge in [-0.25, -0.2) is 9.78 Å². The Kier molecular flexibility index (Phi) is 4.06. The Morgan fingerprint density at radius 1 is 1.38 bits per heavy atom. The fourth-order valence-electron chi connectivity index (χ4n) is 2.30. The third-order valence-electron chi connectivity index (χ3n) is 3.76. The highest BCUT2D eigenvalue weighted by Gasteiger charge is 2.19. The number of rotatable bonds is 3. The Labute approximate surface area is 141 Å². The van der Waals surface area contributed by atoms with E-state index in [1.807, 2.05) is 13.8 Å². The minimum atomic E-state index is -0.725. The number of aromatic amines is 1. The maximum Gasteiger partial charge on any atom is 0.339 e. The number of ether oxygens (including phenoxy) is 1. The number of carbonyl (C=O) groups excluding carboxylic acids is 1. The quantitative estimate of drug-likeness (QED) is 0.445. The smallest absolute Gasteiger partial charge is 0.339 e. The largest absolute Gasteiger partial charge is 0.619 e. The Bertz CT molecular complexity index is 975. The van der Waals surface area contributed by atoms with Gasteiger partial charge in [0.1, 0.15) is 4.83 Å². The number of nitrogens with zero attached hydrogens (tertiary/aromatic N) is 2. The van der Waals surface area contributed by atoms with Crippen LogP contribution in [-0.2, 0) is 4.74 Å². The van der Waals surface area contributed by atoms with E-state index in [0.29, 0.717) is 14.9 Å². The number of esters is 1. The standard InChI is InChI=1S/C16H15N3O4S/c1-8-10(3)24-15-12(8)14(20)17-13(18-15)9(2)23-16(21)11-4-6-19(22)7-5-11/h4-7,9H,1-3H3,(H,17,18,20)/t9-/m1/s1. The lowest BCUT2D eigenvalue weighted by molar-refractivity contribution is -0.605. The van der Waals surface area contributed by atoms with E-state index in [4.69, 9.17) is 4.74 Å². The molecule has 7 nitrogen and oxygen atoms in total. The van der Waals surface area contributed by atoms with Crippen molar-refractivity contribution < 1.29 is 14.3 Å². The second-order valence-electron chi connectivity index (χ2n) is 5.41. The summed E-state index contributed by atoms with van der Waals surface area (Å²) in [4.78, 5) is 33.1. The molecule has 0 spiro atoms. The van der Waals surface area contributed by atoms with Gasteiger partial charge >= 0.3 is 5.97 Å². The van der Waals surface area contributed by atoms with Gasteiger partial charge in [-0.1, -0.05) is 0 Å². The SMILES string of the molecule is Cc1sc2nc([C@@H](C)OC(=O)c3cc[n+]([O-])cc3)[nH]c(=O)c2c1C. The highest BCUT2D eigenvalue weighted by Crippen LogP contribution is 2.27. The zero-order valence-corrected chi connectivity index (χ0v) is 14.1. The van der Waals surface area contributed by atoms with Crippen LogP contribution in [0, 0.1) is 19.1 Å². The summed E-state index contributed by atoms with van der Waals surface area (Å²) in [5.74, 6) is -0.304. The summed E-state index contributed by atoms with van der Waals surface area (Å²) in [6.45, 7) is 5.44. The van der Waals surface area contributed by atoms with Gasteiger partial charge in [-0.2, -0.15) is 4.73 Å². The van der Waals surface area contributed by atoms with Gasteiger partial charge in [-0.3, -0.25) is 4.79 Å². The average molecular weight is 345 g/mol. The van der Waals surface area contributed by atoms with Crippen molar-refractivity contribution in [3.8, 4) is 0 Å². The number of H-pyrrole nitrogens is 1. The van der Waals surface area contributed by atoms with E-state index in [-0.39, 0.29) is 16.9 Å². The molecule has 0 radical (unpaired) electrons. The number of nitrogens with one attached hydrogen (secondary N) is 1. The van der Waals surface area contributed by atoms with Gasteiger partial charge in [0.05, 0.1) is 10.9 Å². The molecule has 0 bridgehead atoms. The molecule has 0 aromatic carbocycles. The van der Waals surface area contributed by atoms with E-state index < -0.39 is 12.1 Å². The Hall–Kier alpha value is -2.74. The second-order valence-corrected chi connectivity index (χ2v) is 6.61. The third kappa shape index (κ3) is 2.88. The highest BCUT2D eigenvalue weighted by molar-refractivity contribution is 7.18. The number of hydrogen-bond acceptors (Lipinski definition) is 6. The van der Waals surface area contributed by atoms with Crippen molar-refractivity contribution >= 4 is 27.5 Å². The van der Waals surface area contributed by atoms with Crippen LogP contribution in [-0.4, -0.2) is 15.9 Å². The van der Waals surface area contributed by atoms with Crippen molar-refractivity contribution in [2.24, 2.45) is 0 Å². The molecule has 0 aliphatic heterocycles. The number of hydrogen-bond donors (Lipinski definition) is 1. The summed E-state index contributed by atoms with van der Waals surface area (Å²) < 4.78 is 5.90. The second kappa shape index (κ2) is 6.04. The molecule has 3 aromatic heterocycles. The van der Waals surface area contributed by atoms with Crippen LogP contribution in [0.3, 0.4) is 0 Å². The molecular weight excluding hydrogens is 330 g/mol. The minimum Gasteiger partial charge on any atom is -0.619 e. The molecule has 124 valence electrons. The average Bonchev–Trinajstić information content (AvgIpc) is 2.82. The fraction of sp³-hybridized carbons (Fsp3) is 0.250. The zero-order chi connectivity index (χ0) is 17.4. The van der Waals surface area contributed by atoms with Gasteiger partial charge in [-0.05, 0) is 26.3 Å². The first kappa shape index (κ1) is 16.1. The zero-order valence-electron chi connectivity index (χ0n) is 13.3. The molecule has 0 saturated heterocycles. The van der Waals surface area contributed by atoms with Gasteiger partial charge in [0.2, 0.25) is 0 Å². The van der Waals surface area contributed by atoms with E-state index in [9.17, 15) is 14.8 Å². The number of thiophene rings is 1. The topological polar surface area (TPSA) is 99.0 Å². The first-order valence-electron chi connectivity index (χ1n) is 7.26. The van der Waals surface area contributed by atoms with E-state index in [1.54, 1.807) is 6.92 Å². The van der Waals surface area contributed by atoms with E-state index in [1.165, 1.54) is 35.9 Å². The molecule has 3 rings (SSSR count). The lowest BCUT2D eigenvalue weighted by Gasteiger charge is -2.12. The lowest BCUT2D eigenvalue weighted by Crippen LogP contribution is -2.24. The highest BCUT2D eigenvalue weighted by atomic mass is 32.1. The van der Waals surface area contributed by atoms with Crippen LogP contribution in [0.2, 0.25) is 0 Å². The summed E-state index contributed by atoms with van der Waals surface area (Å²) in [6, 6.07) is 2.74. The number of pyridine rings is 1. The van der Waals surface area contributed by atoms with Crippen LogP contribution in [0.1, 0.15) is 39.7 Å². The summed E-state index contributed by atoms with van der Waals surface area (Å²) in [7, 11) is 0. The molecule has 0 aliphatic rings. The van der Waals surface area contributed by atoms with E-state index in [2.05, 4.69) is 9.97 Å². The van der Waals surface area contributed by atoms with E-state index >= 15 is 0 Å². The monoisotopic (exact) mass is 345 g/mol. The van der Waals surface area contributed by atoms with Gasteiger partial charge in [0, 0.05) is 17.0 Å². The molecule has 24 heavy (non-hydrogen) atoms. The maximum absolute atomic E-state index is 12.3. The maximum atomic E-state index is 12.3. The summed E-state index contributed by atoms with van der Waals surface area (Å²) >= 11 is 1.43. The van der Waals surface area contributed by atoms with Crippen LogP contribution in [0.15, 0.2) is 29.3 Å². The Balaban J connectivity index is 1.88. The van der Waals surface area contributed by atoms with Crippen LogP contribution in [0.5, 0.6) is 0 Å². The molecule has 3 aromatic rings. The minimum absolute atomic E-state index is 0.244. The molecule has 1 atom stereocenters. The van der Waals surface area contributed by atoms with Gasteiger partial charge in [0.15, 0.2) is 24.3 Å². The molecule has 0 amide bonds. The summed E-state index contributed by atoms with van der Waals surface area (Å²) in [5.41, 5.74) is 0.919. The van der Waals surface area contributed by atoms with Crippen molar-refractivity contribution in [3.05, 3.63) is 61.9 Å². The molecule has 0 aliphatic carbocycles. The van der Waals surface area contributed by atoms with Crippen molar-refractivity contribution in [1.29, 1.82) is 0 Å².